The average Bonchev–Trinajstić information content (AvgIpc) is 4.02. The van der Waals surface area contributed by atoms with Crippen LogP contribution >= 0.6 is 0 Å². The maximum Gasteiger partial charge on any atom is 0.348 e. The zero-order valence-corrected chi connectivity index (χ0v) is 36.0. The topological polar surface area (TPSA) is 232 Å². The molecule has 3 aliphatic heterocycles. The van der Waals surface area contributed by atoms with Crippen LogP contribution in [0, 0.1) is 0 Å². The van der Waals surface area contributed by atoms with Crippen molar-refractivity contribution in [3.05, 3.63) is 132 Å². The zero-order valence-electron chi connectivity index (χ0n) is 32.7. The smallest absolute Gasteiger partial charge is 0.348 e. The second-order valence-corrected chi connectivity index (χ2v) is 21.9. The van der Waals surface area contributed by atoms with Crippen LogP contribution in [-0.2, 0) is 69.3 Å². The van der Waals surface area contributed by atoms with E-state index in [9.17, 15) is 53.5 Å². The van der Waals surface area contributed by atoms with E-state index < -0.39 is 76.9 Å². The molecule has 0 bridgehead atoms. The molecule has 2 amide bonds. The van der Waals surface area contributed by atoms with Gasteiger partial charge < -0.3 is 10.2 Å². The second kappa shape index (κ2) is 16.1. The molecule has 2 N–H and O–H groups in total. The predicted octanol–water partition coefficient (Wildman–Crippen LogP) is 3.11. The summed E-state index contributed by atoms with van der Waals surface area (Å²) < 4.78 is 112. The number of benzene rings is 4. The molecule has 0 saturated carbocycles. The summed E-state index contributed by atoms with van der Waals surface area (Å²) in [5, 5.41) is 22.0. The lowest BCUT2D eigenvalue weighted by Crippen LogP contribution is -2.51. The molecular weight excluding hydrogens is 885 g/mol. The summed E-state index contributed by atoms with van der Waals surface area (Å²) in [5.41, 5.74) is 0.719. The number of sulfonamides is 1. The molecule has 3 saturated heterocycles. The lowest BCUT2D eigenvalue weighted by molar-refractivity contribution is -0.140. The van der Waals surface area contributed by atoms with Crippen LogP contribution in [0.5, 0.6) is 11.5 Å². The van der Waals surface area contributed by atoms with E-state index in [0.29, 0.717) is 57.7 Å². The highest BCUT2D eigenvalue weighted by Gasteiger charge is 2.57. The Hall–Kier alpha value is -5.94. The monoisotopic (exact) mass is 924 g/mol. The van der Waals surface area contributed by atoms with Gasteiger partial charge in [-0.3, -0.25) is 9.59 Å². The minimum absolute atomic E-state index is 0.0961. The molecule has 1 atom stereocenters. The van der Waals surface area contributed by atoms with E-state index in [2.05, 4.69) is 0 Å². The summed E-state index contributed by atoms with van der Waals surface area (Å²) in [4.78, 5) is 26.9. The largest absolute Gasteiger partial charge is 0.506 e. The Bertz CT molecular complexity index is 3020. The van der Waals surface area contributed by atoms with Gasteiger partial charge in [0.25, 0.3) is 21.8 Å². The van der Waals surface area contributed by atoms with E-state index in [1.54, 1.807) is 48.5 Å². The third-order valence-corrected chi connectivity index (χ3v) is 18.1. The maximum atomic E-state index is 13.9. The number of hydrogen-bond acceptors (Lipinski definition) is 12. The van der Waals surface area contributed by atoms with Crippen molar-refractivity contribution in [1.29, 1.82) is 0 Å². The van der Waals surface area contributed by atoms with Crippen molar-refractivity contribution in [3.63, 3.8) is 0 Å². The minimum atomic E-state index is -5.14. The van der Waals surface area contributed by atoms with Crippen molar-refractivity contribution in [2.75, 3.05) is 28.2 Å². The molecule has 3 aliphatic rings. The maximum absolute atomic E-state index is 13.9. The lowest BCUT2D eigenvalue weighted by atomic mass is 10.0. The van der Waals surface area contributed by atoms with Gasteiger partial charge in [0.15, 0.2) is 0 Å². The van der Waals surface area contributed by atoms with Gasteiger partial charge in [-0.15, -0.1) is 8.83 Å². The summed E-state index contributed by atoms with van der Waals surface area (Å²) in [6.07, 6.45) is 3.84. The van der Waals surface area contributed by atoms with E-state index in [0.717, 1.165) is 3.97 Å². The standard InChI is InChI=1S/C40H40N6O12S4/c47-37-25-29(15-19-31-9-7-23-41(31)59(51,52)33-11-3-1-4-12-33)17-21-35(37)43-27-39(49)45(61(43,55)56)46-40(50)28-44(62(46,57)58)36-22-18-30(26-38(36)48)16-20-32-10-8-24-42(32)60(53,54)34-13-5-2-6-14-34/h1-7,9,11-14,17-18,21-23,25-26,32,47-48H,8,10,15-16,19-20,24,27-28H2. The van der Waals surface area contributed by atoms with Gasteiger partial charge >= 0.3 is 20.4 Å². The normalized spacial score (nSPS) is 19.2. The Morgan fingerprint density at radius 1 is 0.597 bits per heavy atom. The van der Waals surface area contributed by atoms with Crippen LogP contribution in [0.1, 0.15) is 36.1 Å². The number of nitrogens with zero attached hydrogens (tertiary/aromatic N) is 6. The van der Waals surface area contributed by atoms with Gasteiger partial charge in [0, 0.05) is 24.5 Å². The lowest BCUT2D eigenvalue weighted by Gasteiger charge is -2.27. The van der Waals surface area contributed by atoms with Gasteiger partial charge in [-0.2, -0.15) is 21.1 Å². The molecule has 1 aromatic heterocycles. The minimum Gasteiger partial charge on any atom is -0.506 e. The van der Waals surface area contributed by atoms with Gasteiger partial charge in [0.1, 0.15) is 24.6 Å². The number of hydrazine groups is 1. The number of phenolic OH excluding ortho intramolecular Hbond substituents is 2. The van der Waals surface area contributed by atoms with Crippen molar-refractivity contribution in [3.8, 4) is 11.5 Å². The molecule has 22 heteroatoms. The fraction of sp³-hybridized carbons (Fsp3) is 0.250. The zero-order chi connectivity index (χ0) is 44.2. The summed E-state index contributed by atoms with van der Waals surface area (Å²) in [6, 6.07) is 26.7. The highest BCUT2D eigenvalue weighted by atomic mass is 32.2. The van der Waals surface area contributed by atoms with Crippen molar-refractivity contribution >= 4 is 63.7 Å². The molecule has 326 valence electrons. The first-order chi connectivity index (χ1) is 29.4. The van der Waals surface area contributed by atoms with Crippen molar-refractivity contribution < 1.29 is 53.5 Å². The van der Waals surface area contributed by atoms with E-state index >= 15 is 0 Å². The molecule has 3 fully saturated rings. The number of aryl methyl sites for hydroxylation is 3. The summed E-state index contributed by atoms with van der Waals surface area (Å²) in [7, 11) is -17.9. The first-order valence-electron chi connectivity index (χ1n) is 19.3. The Morgan fingerprint density at radius 3 is 1.61 bits per heavy atom. The molecule has 8 rings (SSSR count). The molecule has 5 aromatic rings. The number of hydrogen-bond donors (Lipinski definition) is 2. The SMILES string of the molecule is O=C1CN(c2ccc(CCc3cccn3S(=O)(=O)c3ccccc3)cc2O)S(=O)(=O)N1N1C(=O)CN(c2ccc(CCC3CCCN3S(=O)(=O)c3ccccc3)cc2O)S1(=O)=O. The fourth-order valence-corrected chi connectivity index (χ4v) is 14.5. The third kappa shape index (κ3) is 7.54. The van der Waals surface area contributed by atoms with Gasteiger partial charge in [-0.25, -0.2) is 29.4 Å². The van der Waals surface area contributed by atoms with Crippen molar-refractivity contribution in [1.82, 2.24) is 17.1 Å². The van der Waals surface area contributed by atoms with Crippen LogP contribution < -0.4 is 8.61 Å². The Labute approximate surface area is 358 Å². The number of rotatable bonds is 13. The van der Waals surface area contributed by atoms with Crippen LogP contribution in [0.4, 0.5) is 11.4 Å². The Morgan fingerprint density at radius 2 is 1.10 bits per heavy atom. The second-order valence-electron chi connectivity index (χ2n) is 14.8. The molecular formula is C40H40N6O12S4. The van der Waals surface area contributed by atoms with E-state index in [1.807, 2.05) is 0 Å². The van der Waals surface area contributed by atoms with Crippen LogP contribution in [0.15, 0.2) is 125 Å². The van der Waals surface area contributed by atoms with E-state index in [1.165, 1.54) is 71.2 Å². The number of aromatic nitrogens is 1. The average molecular weight is 925 g/mol. The Balaban J connectivity index is 0.951. The van der Waals surface area contributed by atoms with Gasteiger partial charge in [0.2, 0.25) is 10.0 Å². The molecule has 4 aromatic carbocycles. The summed E-state index contributed by atoms with van der Waals surface area (Å²) in [5.74, 6) is -3.78. The quantitative estimate of drug-likeness (QED) is 0.174. The number of carbonyl (C=O) groups excluding carboxylic acids is 2. The van der Waals surface area contributed by atoms with Crippen LogP contribution in [-0.4, -0.2) is 98.5 Å². The van der Waals surface area contributed by atoms with Crippen molar-refractivity contribution in [2.24, 2.45) is 0 Å². The molecule has 18 nitrogen and oxygen atoms in total. The number of anilines is 2. The number of amides is 2. The van der Waals surface area contributed by atoms with Crippen LogP contribution in [0.25, 0.3) is 0 Å². The first kappa shape index (κ1) is 42.7. The number of carbonyl (C=O) groups is 2. The number of aromatic hydroxyl groups is 2. The van der Waals surface area contributed by atoms with Gasteiger partial charge in [0.05, 0.1) is 21.2 Å². The Kier molecular flexibility index (Phi) is 11.1. The van der Waals surface area contributed by atoms with E-state index in [4.69, 9.17) is 0 Å². The molecule has 0 aliphatic carbocycles. The molecule has 0 spiro atoms. The third-order valence-electron chi connectivity index (χ3n) is 11.0. The van der Waals surface area contributed by atoms with Gasteiger partial charge in [-0.1, -0.05) is 48.5 Å². The van der Waals surface area contributed by atoms with Crippen LogP contribution in [0.3, 0.4) is 0 Å². The fourth-order valence-electron chi connectivity index (χ4n) is 7.94. The van der Waals surface area contributed by atoms with Crippen LogP contribution in [0.2, 0.25) is 0 Å². The van der Waals surface area contributed by atoms with Crippen molar-refractivity contribution in [2.45, 2.75) is 54.4 Å². The molecule has 1 unspecified atom stereocenters. The summed E-state index contributed by atoms with van der Waals surface area (Å²) >= 11 is 0. The molecule has 62 heavy (non-hydrogen) atoms. The first-order valence-corrected chi connectivity index (χ1v) is 25.0. The highest BCUT2D eigenvalue weighted by molar-refractivity contribution is 7.94. The molecule has 0 radical (unpaired) electrons. The summed E-state index contributed by atoms with van der Waals surface area (Å²) in [6.45, 7) is -1.57. The predicted molar refractivity (Wildman–Crippen MR) is 225 cm³/mol. The number of phenols is 2. The highest BCUT2D eigenvalue weighted by Crippen LogP contribution is 2.40. The van der Waals surface area contributed by atoms with Gasteiger partial charge in [-0.05, 0) is 110 Å². The molecule has 4 heterocycles. The van der Waals surface area contributed by atoms with E-state index in [-0.39, 0.29) is 48.9 Å².